The summed E-state index contributed by atoms with van der Waals surface area (Å²) >= 11 is 12.5. The van der Waals surface area contributed by atoms with Crippen molar-refractivity contribution in [1.29, 1.82) is 0 Å². The molecule has 1 amide bonds. The molecule has 1 heterocycles. The number of nitrogens with one attached hydrogen (secondary N) is 2. The van der Waals surface area contributed by atoms with E-state index in [2.05, 4.69) is 15.6 Å². The predicted molar refractivity (Wildman–Crippen MR) is 108 cm³/mol. The number of nitro benzene ring substituents is 1. The van der Waals surface area contributed by atoms with E-state index in [1.54, 1.807) is 12.1 Å². The SMILES string of the molecule is COc1cc2sc(NC(=S)NC(=O)c3ccccc3[N+](=O)[O-])nc2cc1Cl. The summed E-state index contributed by atoms with van der Waals surface area (Å²) in [6.45, 7) is 0. The molecule has 3 aromatic rings. The average Bonchev–Trinajstić information content (AvgIpc) is 3.01. The largest absolute Gasteiger partial charge is 0.495 e. The fraction of sp³-hybridized carbons (Fsp3) is 0.0625. The first-order valence-electron chi connectivity index (χ1n) is 7.39. The number of nitrogens with zero attached hydrogens (tertiary/aromatic N) is 2. The molecule has 0 aliphatic heterocycles. The highest BCUT2D eigenvalue weighted by atomic mass is 35.5. The summed E-state index contributed by atoms with van der Waals surface area (Å²) in [7, 11) is 1.51. The van der Waals surface area contributed by atoms with E-state index in [1.165, 1.54) is 42.7 Å². The third kappa shape index (κ3) is 4.13. The van der Waals surface area contributed by atoms with Crippen LogP contribution < -0.4 is 15.4 Å². The second-order valence-electron chi connectivity index (χ2n) is 5.16. The van der Waals surface area contributed by atoms with Gasteiger partial charge in [-0.15, -0.1) is 0 Å². The summed E-state index contributed by atoms with van der Waals surface area (Å²) in [5.74, 6) is -0.169. The van der Waals surface area contributed by atoms with Crippen molar-refractivity contribution in [3.8, 4) is 5.75 Å². The molecule has 11 heteroatoms. The van der Waals surface area contributed by atoms with Crippen molar-refractivity contribution in [3.63, 3.8) is 0 Å². The minimum absolute atomic E-state index is 0.0322. The van der Waals surface area contributed by atoms with E-state index < -0.39 is 10.8 Å². The number of carbonyl (C=O) groups is 1. The maximum atomic E-state index is 12.3. The van der Waals surface area contributed by atoms with Crippen molar-refractivity contribution < 1.29 is 14.5 Å². The number of methoxy groups -OCH3 is 1. The third-order valence-electron chi connectivity index (χ3n) is 3.45. The number of amides is 1. The number of rotatable bonds is 4. The zero-order valence-corrected chi connectivity index (χ0v) is 16.1. The molecule has 2 N–H and O–H groups in total. The second kappa shape index (κ2) is 7.82. The predicted octanol–water partition coefficient (Wildman–Crippen LogP) is 3.99. The standard InChI is InChI=1S/C16H11ClN4O4S2/c1-25-12-7-13-10(6-9(12)17)18-16(27-13)20-15(26)19-14(22)8-4-2-3-5-11(8)21(23)24/h2-7H,1H3,(H2,18,19,20,22,26). The van der Waals surface area contributed by atoms with Crippen LogP contribution in [0.25, 0.3) is 10.2 Å². The van der Waals surface area contributed by atoms with Gasteiger partial charge in [0, 0.05) is 12.1 Å². The number of anilines is 1. The van der Waals surface area contributed by atoms with Crippen LogP contribution in [0.2, 0.25) is 5.02 Å². The molecule has 0 radical (unpaired) electrons. The van der Waals surface area contributed by atoms with Crippen LogP contribution in [-0.4, -0.2) is 28.0 Å². The molecule has 0 bridgehead atoms. The Labute approximate surface area is 167 Å². The van der Waals surface area contributed by atoms with Crippen molar-refractivity contribution >= 4 is 67.2 Å². The number of thiazole rings is 1. The van der Waals surface area contributed by atoms with Gasteiger partial charge in [0.05, 0.1) is 27.3 Å². The number of carbonyl (C=O) groups excluding carboxylic acids is 1. The van der Waals surface area contributed by atoms with Gasteiger partial charge in [-0.3, -0.25) is 20.2 Å². The van der Waals surface area contributed by atoms with Crippen LogP contribution >= 0.6 is 35.2 Å². The zero-order valence-electron chi connectivity index (χ0n) is 13.7. The number of hydrogen-bond acceptors (Lipinski definition) is 7. The Morgan fingerprint density at radius 1 is 1.37 bits per heavy atom. The Kier molecular flexibility index (Phi) is 5.49. The molecule has 3 rings (SSSR count). The van der Waals surface area contributed by atoms with Crippen LogP contribution in [0.3, 0.4) is 0 Å². The van der Waals surface area contributed by atoms with E-state index in [1.807, 2.05) is 0 Å². The smallest absolute Gasteiger partial charge is 0.282 e. The topological polar surface area (TPSA) is 106 Å². The van der Waals surface area contributed by atoms with Gasteiger partial charge >= 0.3 is 0 Å². The van der Waals surface area contributed by atoms with Crippen molar-refractivity contribution in [1.82, 2.24) is 10.3 Å². The number of nitro groups is 1. The summed E-state index contributed by atoms with van der Waals surface area (Å²) in [5.41, 5.74) is 0.244. The fourth-order valence-electron chi connectivity index (χ4n) is 2.26. The maximum Gasteiger partial charge on any atom is 0.282 e. The molecule has 0 spiro atoms. The van der Waals surface area contributed by atoms with Crippen LogP contribution in [0.15, 0.2) is 36.4 Å². The highest BCUT2D eigenvalue weighted by Crippen LogP contribution is 2.34. The number of halogens is 1. The Morgan fingerprint density at radius 2 is 2.11 bits per heavy atom. The first kappa shape index (κ1) is 19.0. The summed E-state index contributed by atoms with van der Waals surface area (Å²) in [6, 6.07) is 9.01. The molecule has 0 atom stereocenters. The highest BCUT2D eigenvalue weighted by Gasteiger charge is 2.20. The maximum absolute atomic E-state index is 12.3. The molecule has 2 aromatic carbocycles. The number of para-hydroxylation sites is 1. The van der Waals surface area contributed by atoms with Gasteiger partial charge in [-0.1, -0.05) is 35.1 Å². The molecule has 0 aliphatic rings. The van der Waals surface area contributed by atoms with Gasteiger partial charge in [0.15, 0.2) is 10.2 Å². The molecule has 8 nitrogen and oxygen atoms in total. The molecule has 0 unspecified atom stereocenters. The highest BCUT2D eigenvalue weighted by molar-refractivity contribution is 7.80. The average molecular weight is 423 g/mol. The van der Waals surface area contributed by atoms with E-state index in [9.17, 15) is 14.9 Å². The van der Waals surface area contributed by atoms with Crippen molar-refractivity contribution in [3.05, 3.63) is 57.1 Å². The van der Waals surface area contributed by atoms with Gasteiger partial charge < -0.3 is 10.1 Å². The normalized spacial score (nSPS) is 10.4. The summed E-state index contributed by atoms with van der Waals surface area (Å²) in [5, 5.41) is 17.1. The number of fused-ring (bicyclic) bond motifs is 1. The Balaban J connectivity index is 1.75. The molecule has 1 aromatic heterocycles. The molecule has 27 heavy (non-hydrogen) atoms. The lowest BCUT2D eigenvalue weighted by atomic mass is 10.1. The molecular weight excluding hydrogens is 412 g/mol. The zero-order chi connectivity index (χ0) is 19.6. The number of hydrogen-bond donors (Lipinski definition) is 2. The third-order valence-corrected chi connectivity index (χ3v) is 4.89. The van der Waals surface area contributed by atoms with Gasteiger partial charge in [0.25, 0.3) is 11.6 Å². The first-order chi connectivity index (χ1) is 12.9. The van der Waals surface area contributed by atoms with E-state index >= 15 is 0 Å². The van der Waals surface area contributed by atoms with Crippen LogP contribution in [0, 0.1) is 10.1 Å². The van der Waals surface area contributed by atoms with Crippen molar-refractivity contribution in [2.45, 2.75) is 0 Å². The van der Waals surface area contributed by atoms with E-state index in [4.69, 9.17) is 28.6 Å². The lowest BCUT2D eigenvalue weighted by Gasteiger charge is -2.07. The van der Waals surface area contributed by atoms with E-state index in [0.29, 0.717) is 21.4 Å². The Hall–Kier alpha value is -2.82. The van der Waals surface area contributed by atoms with Gasteiger partial charge in [-0.2, -0.15) is 0 Å². The van der Waals surface area contributed by atoms with Crippen LogP contribution in [-0.2, 0) is 0 Å². The number of benzene rings is 2. The van der Waals surface area contributed by atoms with Gasteiger partial charge in [-0.05, 0) is 24.4 Å². The lowest BCUT2D eigenvalue weighted by Crippen LogP contribution is -2.34. The fourth-order valence-corrected chi connectivity index (χ4v) is 3.63. The molecule has 0 fully saturated rings. The van der Waals surface area contributed by atoms with E-state index in [-0.39, 0.29) is 16.4 Å². The molecule has 0 saturated carbocycles. The Morgan fingerprint density at radius 3 is 2.81 bits per heavy atom. The molecule has 0 aliphatic carbocycles. The minimum Gasteiger partial charge on any atom is -0.495 e. The lowest BCUT2D eigenvalue weighted by molar-refractivity contribution is -0.385. The van der Waals surface area contributed by atoms with Crippen LogP contribution in [0.1, 0.15) is 10.4 Å². The quantitative estimate of drug-likeness (QED) is 0.372. The van der Waals surface area contributed by atoms with Crippen LogP contribution in [0.4, 0.5) is 10.8 Å². The monoisotopic (exact) mass is 422 g/mol. The summed E-state index contributed by atoms with van der Waals surface area (Å²) in [4.78, 5) is 27.0. The number of ether oxygens (including phenoxy) is 1. The van der Waals surface area contributed by atoms with Crippen molar-refractivity contribution in [2.24, 2.45) is 0 Å². The molecular formula is C16H11ClN4O4S2. The van der Waals surface area contributed by atoms with Crippen molar-refractivity contribution in [2.75, 3.05) is 12.4 Å². The van der Waals surface area contributed by atoms with E-state index in [0.717, 1.165) is 4.70 Å². The number of thiocarbonyl (C=S) groups is 1. The molecule has 0 saturated heterocycles. The number of aromatic nitrogens is 1. The minimum atomic E-state index is -0.689. The van der Waals surface area contributed by atoms with Gasteiger partial charge in [-0.25, -0.2) is 4.98 Å². The second-order valence-corrected chi connectivity index (χ2v) is 7.00. The van der Waals surface area contributed by atoms with Gasteiger partial charge in [0.2, 0.25) is 0 Å². The first-order valence-corrected chi connectivity index (χ1v) is 8.99. The van der Waals surface area contributed by atoms with Crippen LogP contribution in [0.5, 0.6) is 5.75 Å². The van der Waals surface area contributed by atoms with Gasteiger partial charge in [0.1, 0.15) is 11.3 Å². The summed E-state index contributed by atoms with van der Waals surface area (Å²) in [6.07, 6.45) is 0. The Bertz CT molecular complexity index is 1070. The summed E-state index contributed by atoms with van der Waals surface area (Å²) < 4.78 is 5.98. The molecule has 138 valence electrons.